The fourth-order valence-corrected chi connectivity index (χ4v) is 2.84. The highest BCUT2D eigenvalue weighted by Gasteiger charge is 2.29. The van der Waals surface area contributed by atoms with Gasteiger partial charge in [0.15, 0.2) is 12.4 Å². The van der Waals surface area contributed by atoms with Crippen LogP contribution < -0.4 is 9.47 Å². The van der Waals surface area contributed by atoms with Crippen LogP contribution in [0.3, 0.4) is 0 Å². The predicted molar refractivity (Wildman–Crippen MR) is 96.2 cm³/mol. The Bertz CT molecular complexity index is 776. The number of Topliss-reactive ketones (excluding diaryl/α,β-unsaturated/α-hetero) is 1. The number of nitrogens with zero attached hydrogens (tertiary/aromatic N) is 2. The molecule has 6 heteroatoms. The minimum absolute atomic E-state index is 0.0706. The van der Waals surface area contributed by atoms with Gasteiger partial charge in [-0.05, 0) is 26.3 Å². The van der Waals surface area contributed by atoms with E-state index in [1.807, 2.05) is 55.0 Å². The molecule has 0 spiro atoms. The van der Waals surface area contributed by atoms with Crippen LogP contribution in [-0.2, 0) is 4.74 Å². The molecule has 6 nitrogen and oxygen atoms in total. The van der Waals surface area contributed by atoms with Gasteiger partial charge in [0, 0.05) is 44.5 Å². The lowest BCUT2D eigenvalue weighted by molar-refractivity contribution is -0.704. The largest absolute Gasteiger partial charge is 0.462 e. The van der Waals surface area contributed by atoms with Crippen molar-refractivity contribution in [3.8, 4) is 0 Å². The molecule has 1 atom stereocenters. The Balaban J connectivity index is 2.31. The first-order valence-corrected chi connectivity index (χ1v) is 8.36. The second-order valence-corrected chi connectivity index (χ2v) is 6.28. The van der Waals surface area contributed by atoms with Gasteiger partial charge < -0.3 is 14.6 Å². The Hall–Kier alpha value is -2.63. The van der Waals surface area contributed by atoms with Crippen molar-refractivity contribution >= 4 is 17.4 Å². The van der Waals surface area contributed by atoms with E-state index in [9.17, 15) is 9.59 Å². The summed E-state index contributed by atoms with van der Waals surface area (Å²) in [5, 5.41) is 0. The molecule has 134 valence electrons. The molecule has 0 amide bonds. The number of hydrogen-bond acceptors (Lipinski definition) is 4. The molecule has 0 fully saturated rings. The molecule has 2 aromatic heterocycles. The summed E-state index contributed by atoms with van der Waals surface area (Å²) in [5.41, 5.74) is 3.26. The van der Waals surface area contributed by atoms with Gasteiger partial charge in [-0.2, -0.15) is 4.57 Å². The average molecular weight is 344 g/mol. The van der Waals surface area contributed by atoms with Crippen molar-refractivity contribution in [3.05, 3.63) is 47.0 Å². The zero-order chi connectivity index (χ0) is 18.7. The van der Waals surface area contributed by atoms with E-state index < -0.39 is 5.97 Å². The van der Waals surface area contributed by atoms with Crippen LogP contribution >= 0.6 is 0 Å². The van der Waals surface area contributed by atoms with Crippen LogP contribution in [0.4, 0.5) is 5.69 Å². The van der Waals surface area contributed by atoms with Crippen LogP contribution in [0.15, 0.2) is 24.5 Å². The number of aromatic nitrogens is 2. The normalized spacial score (nSPS) is 11.9. The van der Waals surface area contributed by atoms with E-state index in [4.69, 9.17) is 4.74 Å². The average Bonchev–Trinajstić information content (AvgIpc) is 2.88. The zero-order valence-electron chi connectivity index (χ0n) is 15.7. The minimum atomic E-state index is -0.400. The number of esters is 1. The minimum Gasteiger partial charge on any atom is -0.462 e. The van der Waals surface area contributed by atoms with E-state index in [1.165, 1.54) is 0 Å². The lowest BCUT2D eigenvalue weighted by Gasteiger charge is -2.12. The molecule has 1 N–H and O–H groups in total. The third-order valence-electron chi connectivity index (χ3n) is 4.34. The summed E-state index contributed by atoms with van der Waals surface area (Å²) < 4.78 is 6.94. The number of hydrogen-bond donors (Lipinski definition) is 1. The summed E-state index contributed by atoms with van der Waals surface area (Å²) >= 11 is 0. The number of ether oxygens (including phenoxy) is 1. The van der Waals surface area contributed by atoms with Gasteiger partial charge >= 0.3 is 5.97 Å². The molecule has 0 aromatic carbocycles. The molecule has 0 aliphatic heterocycles. The molecule has 0 unspecified atom stereocenters. The number of H-pyrrole nitrogens is 1. The number of ketones is 1. The number of anilines is 1. The molecule has 0 aliphatic carbocycles. The Morgan fingerprint density at radius 2 is 1.84 bits per heavy atom. The molecule has 25 heavy (non-hydrogen) atoms. The van der Waals surface area contributed by atoms with Crippen molar-refractivity contribution in [1.82, 2.24) is 4.98 Å². The van der Waals surface area contributed by atoms with Crippen molar-refractivity contribution in [1.29, 1.82) is 0 Å². The van der Waals surface area contributed by atoms with Crippen molar-refractivity contribution < 1.29 is 18.9 Å². The number of nitrogens with one attached hydrogen (secondary N) is 1. The number of rotatable bonds is 6. The molecule has 2 rings (SSSR count). The third-order valence-corrected chi connectivity index (χ3v) is 4.34. The molecular formula is C19H26N3O3+. The standard InChI is InChI=1S/C19H25N3O3/c1-7-25-19(24)16-12(2)17(20-13(16)3)18(23)14(4)22-10-8-15(9-11-22)21(5)6/h8-11,14H,7H2,1-6H3/p+1/t14-/m1/s1. The fourth-order valence-electron chi connectivity index (χ4n) is 2.84. The summed E-state index contributed by atoms with van der Waals surface area (Å²) in [6.07, 6.45) is 3.77. The van der Waals surface area contributed by atoms with Crippen LogP contribution in [0.1, 0.15) is 52.0 Å². The summed E-state index contributed by atoms with van der Waals surface area (Å²) in [4.78, 5) is 30.1. The highest BCUT2D eigenvalue weighted by atomic mass is 16.5. The van der Waals surface area contributed by atoms with Gasteiger partial charge in [0.1, 0.15) is 0 Å². The molecular weight excluding hydrogens is 318 g/mol. The first-order chi connectivity index (χ1) is 11.8. The first-order valence-electron chi connectivity index (χ1n) is 8.36. The molecule has 0 radical (unpaired) electrons. The highest BCUT2D eigenvalue weighted by Crippen LogP contribution is 2.22. The van der Waals surface area contributed by atoms with Crippen molar-refractivity contribution in [2.75, 3.05) is 25.6 Å². The van der Waals surface area contributed by atoms with Crippen molar-refractivity contribution in [2.24, 2.45) is 0 Å². The van der Waals surface area contributed by atoms with Crippen LogP contribution in [0.2, 0.25) is 0 Å². The van der Waals surface area contributed by atoms with Crippen molar-refractivity contribution in [3.63, 3.8) is 0 Å². The summed E-state index contributed by atoms with van der Waals surface area (Å²) in [7, 11) is 3.94. The van der Waals surface area contributed by atoms with Crippen LogP contribution in [0, 0.1) is 13.8 Å². The van der Waals surface area contributed by atoms with Gasteiger partial charge in [-0.15, -0.1) is 0 Å². The molecule has 0 aliphatic rings. The SMILES string of the molecule is CCOC(=O)c1c(C)[nH]c(C(=O)[C@@H](C)[n+]2ccc(N(C)C)cc2)c1C. The van der Waals surface area contributed by atoms with Crippen LogP contribution in [0.25, 0.3) is 0 Å². The van der Waals surface area contributed by atoms with E-state index in [0.29, 0.717) is 29.1 Å². The Morgan fingerprint density at radius 1 is 1.24 bits per heavy atom. The van der Waals surface area contributed by atoms with E-state index in [1.54, 1.807) is 20.8 Å². The second kappa shape index (κ2) is 7.51. The predicted octanol–water partition coefficient (Wildman–Crippen LogP) is 2.61. The number of pyridine rings is 1. The van der Waals surface area contributed by atoms with Gasteiger partial charge in [0.2, 0.25) is 11.8 Å². The van der Waals surface area contributed by atoms with E-state index in [-0.39, 0.29) is 11.8 Å². The second-order valence-electron chi connectivity index (χ2n) is 6.28. The molecule has 2 heterocycles. The number of aryl methyl sites for hydroxylation is 1. The lowest BCUT2D eigenvalue weighted by atomic mass is 10.0. The quantitative estimate of drug-likeness (QED) is 0.497. The lowest BCUT2D eigenvalue weighted by Crippen LogP contribution is -2.42. The highest BCUT2D eigenvalue weighted by molar-refractivity contribution is 6.02. The van der Waals surface area contributed by atoms with Gasteiger partial charge in [-0.3, -0.25) is 4.79 Å². The van der Waals surface area contributed by atoms with Gasteiger partial charge in [0.25, 0.3) is 0 Å². The fraction of sp³-hybridized carbons (Fsp3) is 0.421. The van der Waals surface area contributed by atoms with Crippen LogP contribution in [-0.4, -0.2) is 37.4 Å². The Labute approximate surface area is 148 Å². The maximum atomic E-state index is 12.9. The van der Waals surface area contributed by atoms with Gasteiger partial charge in [-0.1, -0.05) is 0 Å². The molecule has 2 aromatic rings. The van der Waals surface area contributed by atoms with Gasteiger partial charge in [-0.25, -0.2) is 4.79 Å². The molecule has 0 saturated carbocycles. The smallest absolute Gasteiger partial charge is 0.340 e. The number of carbonyl (C=O) groups is 2. The maximum absolute atomic E-state index is 12.9. The number of carbonyl (C=O) groups excluding carboxylic acids is 2. The first kappa shape index (κ1) is 18.7. The topological polar surface area (TPSA) is 66.3 Å². The summed E-state index contributed by atoms with van der Waals surface area (Å²) in [6, 6.07) is 3.53. The monoisotopic (exact) mass is 344 g/mol. The van der Waals surface area contributed by atoms with Gasteiger partial charge in [0.05, 0.1) is 17.9 Å². The maximum Gasteiger partial charge on any atom is 0.340 e. The Morgan fingerprint density at radius 3 is 2.36 bits per heavy atom. The van der Waals surface area contributed by atoms with Crippen molar-refractivity contribution in [2.45, 2.75) is 33.7 Å². The molecule has 0 bridgehead atoms. The zero-order valence-corrected chi connectivity index (χ0v) is 15.7. The van der Waals surface area contributed by atoms with E-state index >= 15 is 0 Å². The molecule has 0 saturated heterocycles. The van der Waals surface area contributed by atoms with Crippen LogP contribution in [0.5, 0.6) is 0 Å². The van der Waals surface area contributed by atoms with E-state index in [0.717, 1.165) is 5.69 Å². The third kappa shape index (κ3) is 3.73. The van der Waals surface area contributed by atoms with E-state index in [2.05, 4.69) is 4.98 Å². The summed E-state index contributed by atoms with van der Waals surface area (Å²) in [6.45, 7) is 7.46. The number of aromatic amines is 1. The summed E-state index contributed by atoms with van der Waals surface area (Å²) in [5.74, 6) is -0.470. The Kier molecular flexibility index (Phi) is 5.62.